The first-order valence-electron chi connectivity index (χ1n) is 6.63. The fourth-order valence-electron chi connectivity index (χ4n) is 2.83. The molecule has 1 atom stereocenters. The highest BCUT2D eigenvalue weighted by Gasteiger charge is 2.54. The van der Waals surface area contributed by atoms with E-state index < -0.39 is 11.8 Å². The molecule has 2 rings (SSSR count). The topological polar surface area (TPSA) is 35.5 Å². The number of nitrogens with one attached hydrogen (secondary N) is 1. The van der Waals surface area contributed by atoms with Gasteiger partial charge in [0.2, 0.25) is 0 Å². The maximum absolute atomic E-state index is 12.6. The zero-order valence-electron chi connectivity index (χ0n) is 10.5. The average molecular weight is 266 g/mol. The molecule has 2 aliphatic heterocycles. The Morgan fingerprint density at radius 2 is 1.94 bits per heavy atom. The molecule has 2 heterocycles. The first-order valence-corrected chi connectivity index (χ1v) is 6.63. The van der Waals surface area contributed by atoms with E-state index in [0.29, 0.717) is 19.0 Å². The van der Waals surface area contributed by atoms with Crippen molar-refractivity contribution < 1.29 is 18.3 Å². The molecule has 0 aromatic rings. The van der Waals surface area contributed by atoms with Gasteiger partial charge in [-0.25, -0.2) is 0 Å². The van der Waals surface area contributed by atoms with Gasteiger partial charge in [-0.2, -0.15) is 13.2 Å². The van der Waals surface area contributed by atoms with Crippen LogP contribution in [0.15, 0.2) is 0 Å². The lowest BCUT2D eigenvalue weighted by Crippen LogP contribution is -2.54. The number of hydrogen-bond donors (Lipinski definition) is 2. The quantitative estimate of drug-likeness (QED) is 0.792. The summed E-state index contributed by atoms with van der Waals surface area (Å²) >= 11 is 0. The lowest BCUT2D eigenvalue weighted by molar-refractivity contribution is -0.272. The molecule has 0 bridgehead atoms. The zero-order valence-corrected chi connectivity index (χ0v) is 10.5. The molecule has 2 N–H and O–H groups in total. The minimum absolute atomic E-state index is 0.198. The van der Waals surface area contributed by atoms with Crippen LogP contribution < -0.4 is 5.32 Å². The molecule has 0 spiro atoms. The van der Waals surface area contributed by atoms with Crippen molar-refractivity contribution in [3.05, 3.63) is 0 Å². The fourth-order valence-corrected chi connectivity index (χ4v) is 2.83. The highest BCUT2D eigenvalue weighted by atomic mass is 19.4. The molecule has 0 radical (unpaired) electrons. The predicted molar refractivity (Wildman–Crippen MR) is 62.3 cm³/mol. The van der Waals surface area contributed by atoms with Gasteiger partial charge in [0.05, 0.1) is 0 Å². The van der Waals surface area contributed by atoms with E-state index in [4.69, 9.17) is 0 Å². The smallest absolute Gasteiger partial charge is 0.380 e. The molecule has 0 aromatic carbocycles. The molecule has 0 aromatic heterocycles. The molecule has 0 amide bonds. The van der Waals surface area contributed by atoms with E-state index in [2.05, 4.69) is 10.2 Å². The Balaban J connectivity index is 1.79. The third-order valence-corrected chi connectivity index (χ3v) is 4.13. The van der Waals surface area contributed by atoms with Crippen LogP contribution in [-0.2, 0) is 0 Å². The van der Waals surface area contributed by atoms with Crippen LogP contribution in [0.3, 0.4) is 0 Å². The molecule has 2 fully saturated rings. The summed E-state index contributed by atoms with van der Waals surface area (Å²) in [5.74, 6) is 0.538. The molecule has 18 heavy (non-hydrogen) atoms. The van der Waals surface area contributed by atoms with Crippen molar-refractivity contribution in [2.75, 3.05) is 32.7 Å². The summed E-state index contributed by atoms with van der Waals surface area (Å²) in [4.78, 5) is 2.05. The van der Waals surface area contributed by atoms with Crippen LogP contribution in [0.25, 0.3) is 0 Å². The summed E-state index contributed by atoms with van der Waals surface area (Å²) < 4.78 is 37.9. The standard InChI is InChI=1S/C12H21F3N2O/c13-12(14,15)11(18)3-6-17(7-4-11)9-10-2-1-5-16-8-10/h10,16,18H,1-9H2. The lowest BCUT2D eigenvalue weighted by Gasteiger charge is -2.40. The largest absolute Gasteiger partial charge is 0.417 e. The number of alkyl halides is 3. The Hall–Kier alpha value is -0.330. The molecular formula is C12H21F3N2O. The van der Waals surface area contributed by atoms with Gasteiger partial charge in [-0.1, -0.05) is 0 Å². The number of likely N-dealkylation sites (tertiary alicyclic amines) is 1. The summed E-state index contributed by atoms with van der Waals surface area (Å²) in [5.41, 5.74) is -2.46. The van der Waals surface area contributed by atoms with Crippen molar-refractivity contribution in [2.24, 2.45) is 5.92 Å². The number of halogens is 3. The SMILES string of the molecule is OC1(C(F)(F)F)CCN(CC2CCCNC2)CC1. The second-order valence-electron chi connectivity index (χ2n) is 5.54. The molecular weight excluding hydrogens is 245 g/mol. The summed E-state index contributed by atoms with van der Waals surface area (Å²) in [6.45, 7) is 3.53. The first-order chi connectivity index (χ1) is 8.41. The van der Waals surface area contributed by atoms with Gasteiger partial charge in [0, 0.05) is 19.6 Å². The fraction of sp³-hybridized carbons (Fsp3) is 1.00. The van der Waals surface area contributed by atoms with Crippen LogP contribution in [0.5, 0.6) is 0 Å². The van der Waals surface area contributed by atoms with Gasteiger partial charge in [0.25, 0.3) is 0 Å². The van der Waals surface area contributed by atoms with E-state index in [1.807, 2.05) is 0 Å². The van der Waals surface area contributed by atoms with Gasteiger partial charge >= 0.3 is 6.18 Å². The molecule has 6 heteroatoms. The molecule has 3 nitrogen and oxygen atoms in total. The van der Waals surface area contributed by atoms with Gasteiger partial charge in [0.1, 0.15) is 0 Å². The maximum Gasteiger partial charge on any atom is 0.417 e. The summed E-state index contributed by atoms with van der Waals surface area (Å²) in [6, 6.07) is 0. The van der Waals surface area contributed by atoms with E-state index in [1.165, 1.54) is 0 Å². The molecule has 0 aliphatic carbocycles. The summed E-state index contributed by atoms with van der Waals surface area (Å²) in [7, 11) is 0. The Labute approximate surface area is 105 Å². The maximum atomic E-state index is 12.6. The molecule has 0 saturated carbocycles. The van der Waals surface area contributed by atoms with Gasteiger partial charge in [-0.05, 0) is 44.7 Å². The van der Waals surface area contributed by atoms with Crippen LogP contribution in [0.2, 0.25) is 0 Å². The van der Waals surface area contributed by atoms with E-state index in [0.717, 1.165) is 32.5 Å². The van der Waals surface area contributed by atoms with Crippen LogP contribution in [-0.4, -0.2) is 54.5 Å². The van der Waals surface area contributed by atoms with Crippen molar-refractivity contribution in [1.29, 1.82) is 0 Å². The Bertz CT molecular complexity index is 269. The van der Waals surface area contributed by atoms with E-state index >= 15 is 0 Å². The minimum Gasteiger partial charge on any atom is -0.380 e. The number of hydrogen-bond acceptors (Lipinski definition) is 3. The second-order valence-corrected chi connectivity index (χ2v) is 5.54. The normalized spacial score (nSPS) is 30.3. The van der Waals surface area contributed by atoms with Crippen LogP contribution in [0.4, 0.5) is 13.2 Å². The summed E-state index contributed by atoms with van der Waals surface area (Å²) in [6.07, 6.45) is -2.60. The average Bonchev–Trinajstić information content (AvgIpc) is 2.32. The highest BCUT2D eigenvalue weighted by Crippen LogP contribution is 2.38. The number of nitrogens with zero attached hydrogens (tertiary/aromatic N) is 1. The van der Waals surface area contributed by atoms with Crippen molar-refractivity contribution >= 4 is 0 Å². The Kier molecular flexibility index (Phi) is 4.18. The van der Waals surface area contributed by atoms with E-state index in [9.17, 15) is 18.3 Å². The summed E-state index contributed by atoms with van der Waals surface area (Å²) in [5, 5.41) is 12.9. The van der Waals surface area contributed by atoms with Crippen LogP contribution >= 0.6 is 0 Å². The molecule has 2 saturated heterocycles. The lowest BCUT2D eigenvalue weighted by atomic mass is 9.89. The Morgan fingerprint density at radius 1 is 1.28 bits per heavy atom. The van der Waals surface area contributed by atoms with Crippen LogP contribution in [0, 0.1) is 5.92 Å². The number of aliphatic hydroxyl groups is 1. The number of piperidine rings is 2. The minimum atomic E-state index is -4.49. The van der Waals surface area contributed by atoms with Crippen molar-refractivity contribution in [2.45, 2.75) is 37.5 Å². The first kappa shape index (κ1) is 14.1. The predicted octanol–water partition coefficient (Wildman–Crippen LogP) is 1.38. The monoisotopic (exact) mass is 266 g/mol. The van der Waals surface area contributed by atoms with Crippen LogP contribution in [0.1, 0.15) is 25.7 Å². The van der Waals surface area contributed by atoms with E-state index in [-0.39, 0.29) is 12.8 Å². The van der Waals surface area contributed by atoms with Gasteiger partial charge in [-0.3, -0.25) is 0 Å². The number of rotatable bonds is 2. The van der Waals surface area contributed by atoms with Crippen molar-refractivity contribution in [1.82, 2.24) is 10.2 Å². The molecule has 1 unspecified atom stereocenters. The van der Waals surface area contributed by atoms with Crippen molar-refractivity contribution in [3.8, 4) is 0 Å². The van der Waals surface area contributed by atoms with Crippen molar-refractivity contribution in [3.63, 3.8) is 0 Å². The molecule has 2 aliphatic rings. The zero-order chi connectivity index (χ0) is 13.2. The van der Waals surface area contributed by atoms with Gasteiger partial charge in [0.15, 0.2) is 5.60 Å². The Morgan fingerprint density at radius 3 is 2.44 bits per heavy atom. The highest BCUT2D eigenvalue weighted by molar-refractivity contribution is 4.92. The van der Waals surface area contributed by atoms with Gasteiger partial charge < -0.3 is 15.3 Å². The van der Waals surface area contributed by atoms with Gasteiger partial charge in [-0.15, -0.1) is 0 Å². The second kappa shape index (κ2) is 5.35. The third-order valence-electron chi connectivity index (χ3n) is 4.13. The van der Waals surface area contributed by atoms with E-state index in [1.54, 1.807) is 0 Å². The molecule has 106 valence electrons. The third kappa shape index (κ3) is 3.16.